The summed E-state index contributed by atoms with van der Waals surface area (Å²) in [4.78, 5) is 39.2. The Morgan fingerprint density at radius 3 is 2.71 bits per heavy atom. The number of H-pyrrole nitrogens is 1. The van der Waals surface area contributed by atoms with Gasteiger partial charge in [-0.15, -0.1) is 0 Å². The van der Waals surface area contributed by atoms with Crippen molar-refractivity contribution in [2.45, 2.75) is 26.7 Å². The van der Waals surface area contributed by atoms with E-state index in [4.69, 9.17) is 0 Å². The SMILES string of the molecule is CC(C)(C(=O)O)C1CCCN(C(=O)c2cccc(=O)[nH]2)C1. The van der Waals surface area contributed by atoms with Gasteiger partial charge in [0.15, 0.2) is 0 Å². The molecule has 2 heterocycles. The van der Waals surface area contributed by atoms with E-state index in [2.05, 4.69) is 4.98 Å². The Morgan fingerprint density at radius 2 is 2.10 bits per heavy atom. The van der Waals surface area contributed by atoms with E-state index in [1.54, 1.807) is 24.8 Å². The molecule has 2 rings (SSSR count). The topological polar surface area (TPSA) is 90.5 Å². The van der Waals surface area contributed by atoms with Gasteiger partial charge in [-0.2, -0.15) is 0 Å². The van der Waals surface area contributed by atoms with Crippen LogP contribution in [0.25, 0.3) is 0 Å². The lowest BCUT2D eigenvalue weighted by Crippen LogP contribution is -2.47. The van der Waals surface area contributed by atoms with Gasteiger partial charge in [-0.05, 0) is 38.7 Å². The molecule has 0 aliphatic carbocycles. The van der Waals surface area contributed by atoms with E-state index in [0.717, 1.165) is 12.8 Å². The number of carbonyl (C=O) groups excluding carboxylic acids is 1. The lowest BCUT2D eigenvalue weighted by Gasteiger charge is -2.39. The summed E-state index contributed by atoms with van der Waals surface area (Å²) in [6.45, 7) is 4.37. The summed E-state index contributed by atoms with van der Waals surface area (Å²) in [5, 5.41) is 9.32. The Labute approximate surface area is 122 Å². The van der Waals surface area contributed by atoms with Crippen LogP contribution in [0.2, 0.25) is 0 Å². The number of pyridine rings is 1. The highest BCUT2D eigenvalue weighted by molar-refractivity contribution is 5.92. The summed E-state index contributed by atoms with van der Waals surface area (Å²) in [6.07, 6.45) is 1.55. The molecular formula is C15H20N2O4. The number of nitrogens with zero attached hydrogens (tertiary/aromatic N) is 1. The first-order valence-corrected chi connectivity index (χ1v) is 7.04. The van der Waals surface area contributed by atoms with Gasteiger partial charge in [-0.25, -0.2) is 0 Å². The predicted octanol–water partition coefficient (Wildman–Crippen LogP) is 1.34. The summed E-state index contributed by atoms with van der Waals surface area (Å²) >= 11 is 0. The Bertz CT molecular complexity index is 606. The molecule has 1 unspecified atom stereocenters. The Hall–Kier alpha value is -2.11. The number of hydrogen-bond donors (Lipinski definition) is 2. The second kappa shape index (κ2) is 5.71. The molecule has 0 aromatic carbocycles. The molecule has 21 heavy (non-hydrogen) atoms. The molecule has 1 amide bonds. The van der Waals surface area contributed by atoms with Crippen LogP contribution in [0, 0.1) is 11.3 Å². The molecule has 1 aromatic heterocycles. The zero-order valence-corrected chi connectivity index (χ0v) is 12.3. The number of aromatic nitrogens is 1. The summed E-state index contributed by atoms with van der Waals surface area (Å²) in [6, 6.07) is 4.45. The molecule has 2 N–H and O–H groups in total. The molecule has 6 heteroatoms. The number of piperidine rings is 1. The van der Waals surface area contributed by atoms with Crippen molar-refractivity contribution in [2.24, 2.45) is 11.3 Å². The number of carbonyl (C=O) groups is 2. The quantitative estimate of drug-likeness (QED) is 0.879. The molecule has 1 fully saturated rings. The minimum absolute atomic E-state index is 0.0943. The van der Waals surface area contributed by atoms with Crippen LogP contribution in [0.5, 0.6) is 0 Å². The highest BCUT2D eigenvalue weighted by atomic mass is 16.4. The van der Waals surface area contributed by atoms with Gasteiger partial charge >= 0.3 is 5.97 Å². The van der Waals surface area contributed by atoms with Gasteiger partial charge in [-0.3, -0.25) is 14.4 Å². The molecule has 0 spiro atoms. The number of carboxylic acid groups (broad SMARTS) is 1. The van der Waals surface area contributed by atoms with E-state index < -0.39 is 11.4 Å². The van der Waals surface area contributed by atoms with E-state index in [9.17, 15) is 19.5 Å². The first kappa shape index (κ1) is 15.3. The number of aromatic amines is 1. The molecule has 1 atom stereocenters. The third kappa shape index (κ3) is 3.15. The lowest BCUT2D eigenvalue weighted by molar-refractivity contribution is -0.151. The average Bonchev–Trinajstić information content (AvgIpc) is 2.46. The van der Waals surface area contributed by atoms with Crippen LogP contribution in [-0.4, -0.2) is 40.0 Å². The third-order valence-electron chi connectivity index (χ3n) is 4.28. The summed E-state index contributed by atoms with van der Waals surface area (Å²) in [5.74, 6) is -1.20. The Kier molecular flexibility index (Phi) is 4.16. The molecule has 0 bridgehead atoms. The normalized spacial score (nSPS) is 19.3. The number of amides is 1. The molecule has 6 nitrogen and oxygen atoms in total. The number of nitrogens with one attached hydrogen (secondary N) is 1. The van der Waals surface area contributed by atoms with Crippen molar-refractivity contribution in [3.63, 3.8) is 0 Å². The fourth-order valence-corrected chi connectivity index (χ4v) is 2.67. The first-order valence-electron chi connectivity index (χ1n) is 7.04. The molecule has 0 saturated carbocycles. The second-order valence-corrected chi connectivity index (χ2v) is 6.05. The highest BCUT2D eigenvalue weighted by Gasteiger charge is 2.40. The third-order valence-corrected chi connectivity index (χ3v) is 4.28. The van der Waals surface area contributed by atoms with Gasteiger partial charge in [0.2, 0.25) is 5.56 Å². The number of aliphatic carboxylic acids is 1. The number of carboxylic acids is 1. The van der Waals surface area contributed by atoms with E-state index in [-0.39, 0.29) is 23.1 Å². The van der Waals surface area contributed by atoms with Gasteiger partial charge in [0.25, 0.3) is 5.91 Å². The summed E-state index contributed by atoms with van der Waals surface area (Å²) in [5.41, 5.74) is -0.945. The maximum absolute atomic E-state index is 12.4. The maximum atomic E-state index is 12.4. The van der Waals surface area contributed by atoms with Crippen LogP contribution in [-0.2, 0) is 4.79 Å². The fourth-order valence-electron chi connectivity index (χ4n) is 2.67. The van der Waals surface area contributed by atoms with Crippen LogP contribution >= 0.6 is 0 Å². The number of rotatable bonds is 3. The van der Waals surface area contributed by atoms with Crippen LogP contribution in [0.1, 0.15) is 37.2 Å². The van der Waals surface area contributed by atoms with Gasteiger partial charge in [0.05, 0.1) is 5.41 Å². The standard InChI is InChI=1S/C15H20N2O4/c1-15(2,14(20)21)10-5-4-8-17(9-10)13(19)11-6-3-7-12(18)16-11/h3,6-7,10H,4-5,8-9H2,1-2H3,(H,16,18)(H,20,21). The minimum atomic E-state index is -0.872. The van der Waals surface area contributed by atoms with Crippen molar-refractivity contribution in [2.75, 3.05) is 13.1 Å². The van der Waals surface area contributed by atoms with Gasteiger partial charge in [-0.1, -0.05) is 6.07 Å². The molecule has 1 aromatic rings. The van der Waals surface area contributed by atoms with Crippen LogP contribution in [0.15, 0.2) is 23.0 Å². The molecule has 114 valence electrons. The monoisotopic (exact) mass is 292 g/mol. The van der Waals surface area contributed by atoms with E-state index in [0.29, 0.717) is 13.1 Å². The lowest BCUT2D eigenvalue weighted by atomic mass is 9.74. The zero-order chi connectivity index (χ0) is 15.6. The smallest absolute Gasteiger partial charge is 0.309 e. The Balaban J connectivity index is 2.16. The summed E-state index contributed by atoms with van der Waals surface area (Å²) in [7, 11) is 0. The van der Waals surface area contributed by atoms with Crippen molar-refractivity contribution in [3.8, 4) is 0 Å². The van der Waals surface area contributed by atoms with Gasteiger partial charge in [0.1, 0.15) is 5.69 Å². The highest BCUT2D eigenvalue weighted by Crippen LogP contribution is 2.34. The second-order valence-electron chi connectivity index (χ2n) is 6.05. The number of hydrogen-bond acceptors (Lipinski definition) is 3. The first-order chi connectivity index (χ1) is 9.82. The van der Waals surface area contributed by atoms with Crippen LogP contribution in [0.4, 0.5) is 0 Å². The molecular weight excluding hydrogens is 272 g/mol. The van der Waals surface area contributed by atoms with Crippen molar-refractivity contribution < 1.29 is 14.7 Å². The zero-order valence-electron chi connectivity index (χ0n) is 12.3. The van der Waals surface area contributed by atoms with Crippen LogP contribution < -0.4 is 5.56 Å². The number of likely N-dealkylation sites (tertiary alicyclic amines) is 1. The van der Waals surface area contributed by atoms with Crippen molar-refractivity contribution in [1.29, 1.82) is 0 Å². The molecule has 0 radical (unpaired) electrons. The molecule has 1 aliphatic rings. The maximum Gasteiger partial charge on any atom is 0.309 e. The van der Waals surface area contributed by atoms with E-state index in [1.165, 1.54) is 12.1 Å². The largest absolute Gasteiger partial charge is 0.481 e. The predicted molar refractivity (Wildman–Crippen MR) is 77.1 cm³/mol. The molecule has 1 aliphatic heterocycles. The van der Waals surface area contributed by atoms with Crippen molar-refractivity contribution in [3.05, 3.63) is 34.2 Å². The van der Waals surface area contributed by atoms with Gasteiger partial charge in [0, 0.05) is 19.2 Å². The van der Waals surface area contributed by atoms with Crippen LogP contribution in [0.3, 0.4) is 0 Å². The van der Waals surface area contributed by atoms with Crippen molar-refractivity contribution in [1.82, 2.24) is 9.88 Å². The van der Waals surface area contributed by atoms with Gasteiger partial charge < -0.3 is 15.0 Å². The average molecular weight is 292 g/mol. The molecule has 1 saturated heterocycles. The van der Waals surface area contributed by atoms with E-state index in [1.807, 2.05) is 0 Å². The van der Waals surface area contributed by atoms with Crippen molar-refractivity contribution >= 4 is 11.9 Å². The minimum Gasteiger partial charge on any atom is -0.481 e. The van der Waals surface area contributed by atoms with E-state index >= 15 is 0 Å². The Morgan fingerprint density at radius 1 is 1.38 bits per heavy atom. The summed E-state index contributed by atoms with van der Waals surface area (Å²) < 4.78 is 0. The fraction of sp³-hybridized carbons (Fsp3) is 0.533.